The Hall–Kier alpha value is -2.48. The molecule has 0 spiro atoms. The summed E-state index contributed by atoms with van der Waals surface area (Å²) >= 11 is 0. The lowest BCUT2D eigenvalue weighted by molar-refractivity contribution is -0.155. The van der Waals surface area contributed by atoms with Gasteiger partial charge >= 0.3 is 23.8 Å². The smallest absolute Gasteiger partial charge is 0.423 e. The van der Waals surface area contributed by atoms with Gasteiger partial charge < -0.3 is 18.7 Å². The maximum absolute atomic E-state index is 13.1. The molecule has 3 heterocycles. The number of nitrogens with one attached hydrogen (secondary N) is 2. The van der Waals surface area contributed by atoms with Crippen molar-refractivity contribution in [2.45, 2.75) is 56.8 Å². The molecule has 184 valence electrons. The number of aromatic nitrogens is 2. The predicted octanol–water partition coefficient (Wildman–Crippen LogP) is 0.476. The molecule has 0 bridgehead atoms. The Balaban J connectivity index is 1.84. The van der Waals surface area contributed by atoms with Crippen molar-refractivity contribution in [1.82, 2.24) is 14.6 Å². The van der Waals surface area contributed by atoms with E-state index in [1.54, 1.807) is 4.98 Å². The summed E-state index contributed by atoms with van der Waals surface area (Å²) in [7, 11) is -2.98. The highest BCUT2D eigenvalue weighted by atomic mass is 31.1. The number of hydrogen-bond donors (Lipinski definition) is 2. The molecule has 2 aliphatic heterocycles. The molecule has 0 aliphatic carbocycles. The van der Waals surface area contributed by atoms with Gasteiger partial charge in [-0.1, -0.05) is 0 Å². The van der Waals surface area contributed by atoms with Crippen LogP contribution in [0.2, 0.25) is 0 Å². The number of halogens is 3. The minimum absolute atomic E-state index is 0.0953. The Kier molecular flexibility index (Phi) is 7.77. The molecule has 5 atom stereocenters. The van der Waals surface area contributed by atoms with Crippen LogP contribution in [-0.4, -0.2) is 53.0 Å². The Morgan fingerprint density at radius 2 is 1.91 bits per heavy atom. The highest BCUT2D eigenvalue weighted by Crippen LogP contribution is 2.33. The summed E-state index contributed by atoms with van der Waals surface area (Å²) < 4.78 is 72.9. The second-order valence-corrected chi connectivity index (χ2v) is 8.49. The average Bonchev–Trinajstić information content (AvgIpc) is 3.10. The fourth-order valence-corrected chi connectivity index (χ4v) is 4.09. The van der Waals surface area contributed by atoms with Crippen LogP contribution in [0.4, 0.5) is 13.2 Å². The van der Waals surface area contributed by atoms with Crippen LogP contribution in [0.5, 0.6) is 0 Å². The van der Waals surface area contributed by atoms with Gasteiger partial charge in [-0.25, -0.2) is 9.88 Å². The minimum atomic E-state index is -5.02. The molecule has 0 amide bonds. The predicted molar refractivity (Wildman–Crippen MR) is 102 cm³/mol. The van der Waals surface area contributed by atoms with Crippen molar-refractivity contribution >= 4 is 20.1 Å². The molecule has 1 aromatic heterocycles. The minimum Gasteiger partial charge on any atom is -0.465 e. The van der Waals surface area contributed by atoms with Crippen molar-refractivity contribution in [2.75, 3.05) is 13.2 Å². The van der Waals surface area contributed by atoms with Crippen molar-refractivity contribution in [1.29, 1.82) is 0 Å². The van der Waals surface area contributed by atoms with E-state index in [1.807, 2.05) is 0 Å². The summed E-state index contributed by atoms with van der Waals surface area (Å²) in [5.74, 6) is -1.40. The van der Waals surface area contributed by atoms with Gasteiger partial charge in [0.15, 0.2) is 0 Å². The molecule has 33 heavy (non-hydrogen) atoms. The van der Waals surface area contributed by atoms with Gasteiger partial charge in [0.05, 0.1) is 13.2 Å². The van der Waals surface area contributed by atoms with Gasteiger partial charge in [0.25, 0.3) is 13.7 Å². The zero-order chi connectivity index (χ0) is 24.3. The van der Waals surface area contributed by atoms with Crippen molar-refractivity contribution in [3.63, 3.8) is 0 Å². The molecule has 2 fully saturated rings. The molecule has 12 nitrogen and oxygen atoms in total. The van der Waals surface area contributed by atoms with E-state index in [0.29, 0.717) is 10.8 Å². The summed E-state index contributed by atoms with van der Waals surface area (Å²) in [5.41, 5.74) is -4.37. The standard InChI is InChI=1S/C17H21F3N3O9P/c1-8-15(26)29-4-2-3-13(24)32-10-5-12(31-11(10)7-30-33(28)22-8)23-6-9(17(18,19)20)14(25)21-16(23)27/h6,8,10-12,33H,2-5,7H2,1H3,(H,22,28)(H,21,25,27)/t8-,10-,11+,12+/m0/s1. The zero-order valence-corrected chi connectivity index (χ0v) is 18.2. The molecule has 2 N–H and O–H groups in total. The molecule has 1 aromatic rings. The third-order valence-corrected chi connectivity index (χ3v) is 5.98. The number of alkyl halides is 3. The van der Waals surface area contributed by atoms with Crippen molar-refractivity contribution in [3.05, 3.63) is 32.6 Å². The Morgan fingerprint density at radius 1 is 1.18 bits per heavy atom. The second-order valence-electron chi connectivity index (χ2n) is 7.34. The van der Waals surface area contributed by atoms with E-state index < -0.39 is 74.2 Å². The first-order valence-electron chi connectivity index (χ1n) is 9.83. The number of carbonyl (C=O) groups excluding carboxylic acids is 2. The first kappa shape index (κ1) is 25.1. The van der Waals surface area contributed by atoms with E-state index in [2.05, 4.69) is 5.09 Å². The normalized spacial score (nSPS) is 30.1. The lowest BCUT2D eigenvalue weighted by atomic mass is 10.2. The van der Waals surface area contributed by atoms with Crippen molar-refractivity contribution < 1.29 is 46.1 Å². The quantitative estimate of drug-likeness (QED) is 0.412. The number of ether oxygens (including phenoxy) is 3. The van der Waals surface area contributed by atoms with E-state index in [0.717, 1.165) is 0 Å². The van der Waals surface area contributed by atoms with Crippen LogP contribution in [0.1, 0.15) is 38.0 Å². The lowest BCUT2D eigenvalue weighted by Crippen LogP contribution is -2.36. The van der Waals surface area contributed by atoms with Crippen LogP contribution < -0.4 is 16.3 Å². The van der Waals surface area contributed by atoms with Gasteiger partial charge in [0.1, 0.15) is 30.0 Å². The highest BCUT2D eigenvalue weighted by molar-refractivity contribution is 7.36. The summed E-state index contributed by atoms with van der Waals surface area (Å²) in [5, 5.41) is 2.42. The van der Waals surface area contributed by atoms with E-state index >= 15 is 0 Å². The number of esters is 2. The highest BCUT2D eigenvalue weighted by Gasteiger charge is 2.41. The SMILES string of the molecule is C[C@@H]1N[PH](=O)OC[C@H]2O[C@@H](n3cc(C(F)(F)F)c(=O)[nH]c3=O)C[C@@H]2OC(=O)CCCOC1=O. The summed E-state index contributed by atoms with van der Waals surface area (Å²) in [4.78, 5) is 49.2. The molecule has 0 aromatic carbocycles. The molecule has 0 radical (unpaired) electrons. The van der Waals surface area contributed by atoms with E-state index in [-0.39, 0.29) is 25.9 Å². The summed E-state index contributed by atoms with van der Waals surface area (Å²) in [6, 6.07) is -0.958. The lowest BCUT2D eigenvalue weighted by Gasteiger charge is -2.20. The van der Waals surface area contributed by atoms with E-state index in [1.165, 1.54) is 6.92 Å². The van der Waals surface area contributed by atoms with E-state index in [4.69, 9.17) is 18.7 Å². The van der Waals surface area contributed by atoms with Crippen molar-refractivity contribution in [3.8, 4) is 0 Å². The third-order valence-electron chi connectivity index (χ3n) is 4.88. The number of hydrogen-bond acceptors (Lipinski definition) is 9. The Bertz CT molecular complexity index is 1040. The van der Waals surface area contributed by atoms with Gasteiger partial charge in [-0.05, 0) is 13.3 Å². The first-order valence-corrected chi connectivity index (χ1v) is 11.1. The van der Waals surface area contributed by atoms with E-state index in [9.17, 15) is 36.9 Å². The molecular formula is C17H21F3N3O9P. The molecule has 2 aliphatic rings. The fraction of sp³-hybridized carbons (Fsp3) is 0.647. The summed E-state index contributed by atoms with van der Waals surface area (Å²) in [6.07, 6.45) is -8.40. The van der Waals surface area contributed by atoms with Gasteiger partial charge in [-0.15, -0.1) is 0 Å². The number of aromatic amines is 1. The van der Waals surface area contributed by atoms with Crippen LogP contribution in [-0.2, 0) is 39.1 Å². The molecule has 0 saturated carbocycles. The van der Waals surface area contributed by atoms with Crippen LogP contribution in [0.15, 0.2) is 15.8 Å². The van der Waals surface area contributed by atoms with Gasteiger partial charge in [-0.2, -0.15) is 13.2 Å². The van der Waals surface area contributed by atoms with Crippen LogP contribution >= 0.6 is 8.18 Å². The average molecular weight is 499 g/mol. The number of cyclic esters (lactones) is 1. The maximum atomic E-state index is 13.1. The fourth-order valence-electron chi connectivity index (χ4n) is 3.22. The first-order chi connectivity index (χ1) is 15.5. The Morgan fingerprint density at radius 3 is 2.61 bits per heavy atom. The monoisotopic (exact) mass is 499 g/mol. The molecular weight excluding hydrogens is 478 g/mol. The van der Waals surface area contributed by atoms with Gasteiger partial charge in [0.2, 0.25) is 0 Å². The maximum Gasteiger partial charge on any atom is 0.423 e. The largest absolute Gasteiger partial charge is 0.465 e. The molecule has 1 unspecified atom stereocenters. The molecule has 2 saturated heterocycles. The number of carbonyl (C=O) groups is 2. The number of H-pyrrole nitrogens is 1. The number of rotatable bonds is 1. The van der Waals surface area contributed by atoms with Crippen LogP contribution in [0.3, 0.4) is 0 Å². The number of fused-ring (bicyclic) bond motifs is 1. The van der Waals surface area contributed by atoms with Crippen LogP contribution in [0, 0.1) is 0 Å². The molecule has 16 heteroatoms. The topological polar surface area (TPSA) is 155 Å². The molecule has 3 rings (SSSR count). The Labute approximate surface area is 184 Å². The van der Waals surface area contributed by atoms with Gasteiger partial charge in [-0.3, -0.25) is 28.5 Å². The van der Waals surface area contributed by atoms with Crippen molar-refractivity contribution in [2.24, 2.45) is 0 Å². The third kappa shape index (κ3) is 6.31. The second kappa shape index (κ2) is 10.2. The summed E-state index contributed by atoms with van der Waals surface area (Å²) in [6.45, 7) is 0.882. The van der Waals surface area contributed by atoms with Crippen LogP contribution in [0.25, 0.3) is 0 Å². The number of nitrogens with zero attached hydrogens (tertiary/aromatic N) is 1. The zero-order valence-electron chi connectivity index (χ0n) is 17.2. The van der Waals surface area contributed by atoms with Gasteiger partial charge in [0, 0.05) is 19.0 Å².